The summed E-state index contributed by atoms with van der Waals surface area (Å²) in [7, 11) is -3.45. The highest BCUT2D eigenvalue weighted by Crippen LogP contribution is 2.39. The van der Waals surface area contributed by atoms with Crippen LogP contribution in [-0.2, 0) is 16.4 Å². The average molecular weight is 296 g/mol. The molecule has 4 nitrogen and oxygen atoms in total. The van der Waals surface area contributed by atoms with Crippen LogP contribution in [0.15, 0.2) is 29.2 Å². The van der Waals surface area contributed by atoms with Crippen molar-refractivity contribution in [1.82, 2.24) is 4.72 Å². The molecule has 3 N–H and O–H groups in total. The van der Waals surface area contributed by atoms with E-state index in [4.69, 9.17) is 5.73 Å². The Kier molecular flexibility index (Phi) is 4.23. The lowest BCUT2D eigenvalue weighted by molar-refractivity contribution is 0.0903. The molecule has 0 aliphatic heterocycles. The summed E-state index contributed by atoms with van der Waals surface area (Å²) in [5.74, 6) is 0. The number of nitrogens with one attached hydrogen (secondary N) is 1. The molecular formula is C15H24N2O2S. The zero-order valence-corrected chi connectivity index (χ0v) is 13.2. The number of benzene rings is 1. The first-order chi connectivity index (χ1) is 9.27. The van der Waals surface area contributed by atoms with E-state index in [0.29, 0.717) is 11.3 Å². The van der Waals surface area contributed by atoms with Crippen molar-refractivity contribution in [3.05, 3.63) is 29.8 Å². The highest BCUT2D eigenvalue weighted by atomic mass is 32.2. The van der Waals surface area contributed by atoms with E-state index < -0.39 is 10.0 Å². The molecule has 0 saturated heterocycles. The molecule has 1 saturated carbocycles. The summed E-state index contributed by atoms with van der Waals surface area (Å²) in [5.41, 5.74) is 6.90. The molecule has 0 radical (unpaired) electrons. The highest BCUT2D eigenvalue weighted by molar-refractivity contribution is 7.89. The highest BCUT2D eigenvalue weighted by Gasteiger charge is 2.47. The van der Waals surface area contributed by atoms with Crippen LogP contribution in [0.25, 0.3) is 0 Å². The first-order valence-corrected chi connectivity index (χ1v) is 8.62. The van der Waals surface area contributed by atoms with Gasteiger partial charge in [-0.15, -0.1) is 0 Å². The SMILES string of the molecule is CCCc1ccc(S(=O)(=O)NC2CC(N)C2(C)C)cc1. The maximum absolute atomic E-state index is 12.3. The molecule has 5 heteroatoms. The Morgan fingerprint density at radius 3 is 2.35 bits per heavy atom. The summed E-state index contributed by atoms with van der Waals surface area (Å²) >= 11 is 0. The van der Waals surface area contributed by atoms with Gasteiger partial charge in [-0.05, 0) is 36.0 Å². The topological polar surface area (TPSA) is 72.2 Å². The van der Waals surface area contributed by atoms with Crippen LogP contribution in [0, 0.1) is 5.41 Å². The molecule has 1 fully saturated rings. The maximum Gasteiger partial charge on any atom is 0.240 e. The van der Waals surface area contributed by atoms with Crippen molar-refractivity contribution >= 4 is 10.0 Å². The summed E-state index contributed by atoms with van der Waals surface area (Å²) in [6, 6.07) is 7.10. The lowest BCUT2D eigenvalue weighted by Crippen LogP contribution is -2.64. The van der Waals surface area contributed by atoms with Crippen LogP contribution in [0.5, 0.6) is 0 Å². The van der Waals surface area contributed by atoms with Gasteiger partial charge in [0.15, 0.2) is 0 Å². The second kappa shape index (κ2) is 5.47. The van der Waals surface area contributed by atoms with E-state index in [-0.39, 0.29) is 17.5 Å². The lowest BCUT2D eigenvalue weighted by Gasteiger charge is -2.50. The van der Waals surface area contributed by atoms with Crippen molar-refractivity contribution in [2.24, 2.45) is 11.1 Å². The van der Waals surface area contributed by atoms with Crippen LogP contribution in [0.1, 0.15) is 39.2 Å². The molecule has 2 rings (SSSR count). The van der Waals surface area contributed by atoms with Crippen LogP contribution in [-0.4, -0.2) is 20.5 Å². The maximum atomic E-state index is 12.3. The first-order valence-electron chi connectivity index (χ1n) is 7.14. The Labute approximate surface area is 121 Å². The molecule has 20 heavy (non-hydrogen) atoms. The third kappa shape index (κ3) is 2.90. The Morgan fingerprint density at radius 1 is 1.30 bits per heavy atom. The van der Waals surface area contributed by atoms with E-state index in [1.807, 2.05) is 26.0 Å². The van der Waals surface area contributed by atoms with Crippen molar-refractivity contribution in [2.75, 3.05) is 0 Å². The van der Waals surface area contributed by atoms with Gasteiger partial charge in [-0.2, -0.15) is 0 Å². The number of hydrogen-bond acceptors (Lipinski definition) is 3. The van der Waals surface area contributed by atoms with Crippen LogP contribution < -0.4 is 10.5 Å². The fourth-order valence-electron chi connectivity index (χ4n) is 2.54. The molecule has 2 atom stereocenters. The molecule has 0 amide bonds. The summed E-state index contributed by atoms with van der Waals surface area (Å²) < 4.78 is 27.5. The van der Waals surface area contributed by atoms with Gasteiger partial charge in [-0.3, -0.25) is 0 Å². The summed E-state index contributed by atoms with van der Waals surface area (Å²) in [4.78, 5) is 0.327. The first kappa shape index (κ1) is 15.5. The largest absolute Gasteiger partial charge is 0.327 e. The number of sulfonamides is 1. The monoisotopic (exact) mass is 296 g/mol. The smallest absolute Gasteiger partial charge is 0.240 e. The Morgan fingerprint density at radius 2 is 1.90 bits per heavy atom. The molecule has 0 bridgehead atoms. The van der Waals surface area contributed by atoms with Gasteiger partial charge in [0.05, 0.1) is 4.90 Å². The van der Waals surface area contributed by atoms with Gasteiger partial charge >= 0.3 is 0 Å². The normalized spacial score (nSPS) is 25.2. The van der Waals surface area contributed by atoms with Crippen LogP contribution in [0.2, 0.25) is 0 Å². The number of aryl methyl sites for hydroxylation is 1. The van der Waals surface area contributed by atoms with Crippen molar-refractivity contribution in [1.29, 1.82) is 0 Å². The lowest BCUT2D eigenvalue weighted by atomic mass is 9.64. The zero-order valence-electron chi connectivity index (χ0n) is 12.4. The van der Waals surface area contributed by atoms with Gasteiger partial charge in [0, 0.05) is 12.1 Å². The Hall–Kier alpha value is -0.910. The quantitative estimate of drug-likeness (QED) is 0.873. The number of nitrogens with two attached hydrogens (primary N) is 1. The molecule has 1 aromatic carbocycles. The summed E-state index contributed by atoms with van der Waals surface area (Å²) in [6.07, 6.45) is 2.72. The van der Waals surface area contributed by atoms with Gasteiger partial charge in [0.1, 0.15) is 0 Å². The van der Waals surface area contributed by atoms with E-state index in [0.717, 1.165) is 18.4 Å². The third-order valence-electron chi connectivity index (χ3n) is 4.41. The molecular weight excluding hydrogens is 272 g/mol. The molecule has 1 aromatic rings. The predicted octanol–water partition coefficient (Wildman–Crippen LogP) is 2.04. The fourth-order valence-corrected chi connectivity index (χ4v) is 3.94. The van der Waals surface area contributed by atoms with Crippen molar-refractivity contribution < 1.29 is 8.42 Å². The fraction of sp³-hybridized carbons (Fsp3) is 0.600. The molecule has 112 valence electrons. The van der Waals surface area contributed by atoms with Crippen LogP contribution in [0.3, 0.4) is 0 Å². The molecule has 0 aromatic heterocycles. The van der Waals surface area contributed by atoms with E-state index >= 15 is 0 Å². The van der Waals surface area contributed by atoms with E-state index in [9.17, 15) is 8.42 Å². The van der Waals surface area contributed by atoms with Crippen molar-refractivity contribution in [2.45, 2.75) is 57.0 Å². The van der Waals surface area contributed by atoms with Crippen LogP contribution in [0.4, 0.5) is 0 Å². The number of rotatable bonds is 5. The van der Waals surface area contributed by atoms with E-state index in [2.05, 4.69) is 11.6 Å². The van der Waals surface area contributed by atoms with E-state index in [1.54, 1.807) is 12.1 Å². The minimum absolute atomic E-state index is 0.0575. The summed E-state index contributed by atoms with van der Waals surface area (Å²) in [5, 5.41) is 0. The standard InChI is InChI=1S/C15H24N2O2S/c1-4-5-11-6-8-12(9-7-11)20(18,19)17-14-10-13(16)15(14,2)3/h6-9,13-14,17H,4-5,10,16H2,1-3H3. The Balaban J connectivity index is 2.11. The second-order valence-electron chi connectivity index (χ2n) is 6.23. The van der Waals surface area contributed by atoms with Gasteiger partial charge in [-0.25, -0.2) is 13.1 Å². The Bertz CT molecular complexity index is 564. The molecule has 0 spiro atoms. The number of hydrogen-bond donors (Lipinski definition) is 2. The summed E-state index contributed by atoms with van der Waals surface area (Å²) in [6.45, 7) is 6.10. The third-order valence-corrected chi connectivity index (χ3v) is 5.90. The van der Waals surface area contributed by atoms with Gasteiger partial charge in [-0.1, -0.05) is 39.3 Å². The minimum Gasteiger partial charge on any atom is -0.327 e. The van der Waals surface area contributed by atoms with Crippen molar-refractivity contribution in [3.63, 3.8) is 0 Å². The molecule has 1 aliphatic carbocycles. The van der Waals surface area contributed by atoms with Gasteiger partial charge < -0.3 is 5.73 Å². The molecule has 1 aliphatic rings. The van der Waals surface area contributed by atoms with Crippen molar-refractivity contribution in [3.8, 4) is 0 Å². The van der Waals surface area contributed by atoms with Crippen LogP contribution >= 0.6 is 0 Å². The molecule has 2 unspecified atom stereocenters. The minimum atomic E-state index is -3.45. The second-order valence-corrected chi connectivity index (χ2v) is 7.95. The van der Waals surface area contributed by atoms with Gasteiger partial charge in [0.25, 0.3) is 0 Å². The van der Waals surface area contributed by atoms with E-state index in [1.165, 1.54) is 0 Å². The van der Waals surface area contributed by atoms with Gasteiger partial charge in [0.2, 0.25) is 10.0 Å². The predicted molar refractivity (Wildman–Crippen MR) is 80.9 cm³/mol. The average Bonchev–Trinajstić information content (AvgIpc) is 2.39. The molecule has 0 heterocycles. The zero-order chi connectivity index (χ0) is 15.0.